The van der Waals surface area contributed by atoms with E-state index in [-0.39, 0.29) is 11.7 Å². The molecule has 0 bridgehead atoms. The molecule has 0 aromatic carbocycles. The van der Waals surface area contributed by atoms with Gasteiger partial charge < -0.3 is 10.4 Å². The number of urea groups is 1. The minimum atomic E-state index is -1.05. The normalized spacial score (nSPS) is 10.1. The zero-order valence-electron chi connectivity index (χ0n) is 9.49. The molecule has 8 nitrogen and oxygen atoms in total. The molecule has 0 atom stereocenters. The number of amides is 2. The van der Waals surface area contributed by atoms with Gasteiger partial charge in [0.05, 0.1) is 11.2 Å². The molecule has 0 saturated carbocycles. The minimum absolute atomic E-state index is 0.0279. The van der Waals surface area contributed by atoms with Crippen molar-refractivity contribution in [3.63, 3.8) is 0 Å². The second kappa shape index (κ2) is 6.20. The fourth-order valence-electron chi connectivity index (χ4n) is 1.19. The Labute approximate surface area is 115 Å². The highest BCUT2D eigenvalue weighted by molar-refractivity contribution is 7.10. The molecule has 19 heavy (non-hydrogen) atoms. The maximum atomic E-state index is 11.4. The summed E-state index contributed by atoms with van der Waals surface area (Å²) < 4.78 is 3.61. The van der Waals surface area contributed by atoms with Crippen LogP contribution in [0.5, 0.6) is 0 Å². The fourth-order valence-corrected chi connectivity index (χ4v) is 2.37. The molecule has 0 fully saturated rings. The van der Waals surface area contributed by atoms with Gasteiger partial charge in [0.2, 0.25) is 0 Å². The first-order chi connectivity index (χ1) is 9.15. The molecule has 2 aromatic rings. The Morgan fingerprint density at radius 1 is 1.42 bits per heavy atom. The minimum Gasteiger partial charge on any atom is -0.476 e. The predicted octanol–water partition coefficient (Wildman–Crippen LogP) is 1.06. The van der Waals surface area contributed by atoms with Crippen LogP contribution in [0, 0.1) is 0 Å². The summed E-state index contributed by atoms with van der Waals surface area (Å²) in [4.78, 5) is 26.0. The van der Waals surface area contributed by atoms with Crippen molar-refractivity contribution in [3.8, 4) is 0 Å². The Kier molecular flexibility index (Phi) is 4.36. The van der Waals surface area contributed by atoms with Crippen LogP contribution in [0.1, 0.15) is 15.5 Å². The van der Waals surface area contributed by atoms with Gasteiger partial charge in [0, 0.05) is 29.9 Å². The third-order valence-electron chi connectivity index (χ3n) is 1.99. The molecule has 100 valence electrons. The Morgan fingerprint density at radius 3 is 2.89 bits per heavy atom. The molecular weight excluding hydrogens is 290 g/mol. The molecule has 2 amide bonds. The quantitative estimate of drug-likeness (QED) is 0.760. The van der Waals surface area contributed by atoms with Gasteiger partial charge in [0.1, 0.15) is 5.00 Å². The maximum absolute atomic E-state index is 11.4. The van der Waals surface area contributed by atoms with Crippen molar-refractivity contribution in [2.24, 2.45) is 0 Å². The van der Waals surface area contributed by atoms with Crippen LogP contribution in [0.4, 0.5) is 9.80 Å². The molecule has 2 rings (SSSR count). The molecule has 0 radical (unpaired) electrons. The molecule has 0 saturated heterocycles. The van der Waals surface area contributed by atoms with Crippen molar-refractivity contribution in [2.45, 2.75) is 6.42 Å². The average molecular weight is 299 g/mol. The summed E-state index contributed by atoms with van der Waals surface area (Å²) in [6.45, 7) is 0.366. The number of thiazole rings is 1. The lowest BCUT2D eigenvalue weighted by molar-refractivity contribution is 0.0691. The molecule has 0 spiro atoms. The van der Waals surface area contributed by atoms with Crippen LogP contribution in [-0.2, 0) is 6.42 Å². The topological polar surface area (TPSA) is 117 Å². The molecule has 0 unspecified atom stereocenters. The Balaban J connectivity index is 1.73. The first-order valence-corrected chi connectivity index (χ1v) is 6.80. The van der Waals surface area contributed by atoms with Crippen LogP contribution in [0.15, 0.2) is 11.6 Å². The van der Waals surface area contributed by atoms with Crippen molar-refractivity contribution < 1.29 is 14.7 Å². The Hall–Kier alpha value is -2.07. The zero-order chi connectivity index (χ0) is 13.7. The lowest BCUT2D eigenvalue weighted by atomic mass is 10.4. The molecule has 0 aliphatic carbocycles. The van der Waals surface area contributed by atoms with E-state index in [1.165, 1.54) is 22.9 Å². The van der Waals surface area contributed by atoms with Gasteiger partial charge in [-0.1, -0.05) is 4.49 Å². The largest absolute Gasteiger partial charge is 0.476 e. The number of carboxylic acid groups (broad SMARTS) is 1. The van der Waals surface area contributed by atoms with Crippen LogP contribution >= 0.6 is 22.9 Å². The van der Waals surface area contributed by atoms with Gasteiger partial charge in [-0.3, -0.25) is 5.32 Å². The van der Waals surface area contributed by atoms with Gasteiger partial charge in [-0.15, -0.1) is 16.4 Å². The van der Waals surface area contributed by atoms with E-state index in [4.69, 9.17) is 5.11 Å². The highest BCUT2D eigenvalue weighted by Crippen LogP contribution is 2.10. The van der Waals surface area contributed by atoms with Crippen molar-refractivity contribution in [3.05, 3.63) is 22.3 Å². The van der Waals surface area contributed by atoms with E-state index in [0.29, 0.717) is 23.0 Å². The van der Waals surface area contributed by atoms with E-state index in [1.807, 2.05) is 0 Å². The van der Waals surface area contributed by atoms with Gasteiger partial charge >= 0.3 is 12.0 Å². The van der Waals surface area contributed by atoms with Crippen molar-refractivity contribution in [2.75, 3.05) is 11.9 Å². The Bertz CT molecular complexity index is 568. The third-order valence-corrected chi connectivity index (χ3v) is 3.48. The summed E-state index contributed by atoms with van der Waals surface area (Å²) in [5.74, 6) is -1.05. The first kappa shape index (κ1) is 13.4. The summed E-state index contributed by atoms with van der Waals surface area (Å²) in [6.07, 6.45) is 1.93. The van der Waals surface area contributed by atoms with E-state index in [0.717, 1.165) is 11.5 Å². The SMILES string of the molecule is O=C(NCCc1nc(C(=O)O)cs1)Nc1cnns1. The number of aromatic nitrogens is 3. The number of anilines is 1. The lowest BCUT2D eigenvalue weighted by Crippen LogP contribution is -2.30. The van der Waals surface area contributed by atoms with E-state index < -0.39 is 5.97 Å². The Morgan fingerprint density at radius 2 is 2.26 bits per heavy atom. The molecule has 2 aromatic heterocycles. The van der Waals surface area contributed by atoms with Crippen LogP contribution in [0.25, 0.3) is 0 Å². The van der Waals surface area contributed by atoms with Gasteiger partial charge in [-0.05, 0) is 0 Å². The second-order valence-corrected chi connectivity index (χ2v) is 5.07. The highest BCUT2D eigenvalue weighted by atomic mass is 32.1. The maximum Gasteiger partial charge on any atom is 0.355 e. The van der Waals surface area contributed by atoms with Crippen LogP contribution in [0.3, 0.4) is 0 Å². The molecule has 2 heterocycles. The number of carbonyl (C=O) groups is 2. The monoisotopic (exact) mass is 299 g/mol. The van der Waals surface area contributed by atoms with Crippen LogP contribution < -0.4 is 10.6 Å². The zero-order valence-corrected chi connectivity index (χ0v) is 11.1. The molecule has 3 N–H and O–H groups in total. The van der Waals surface area contributed by atoms with E-state index in [2.05, 4.69) is 25.2 Å². The molecular formula is C9H9N5O3S2. The highest BCUT2D eigenvalue weighted by Gasteiger charge is 2.09. The average Bonchev–Trinajstić information content (AvgIpc) is 3.00. The van der Waals surface area contributed by atoms with E-state index in [9.17, 15) is 9.59 Å². The number of carboxylic acids is 1. The van der Waals surface area contributed by atoms with Gasteiger partial charge in [0.25, 0.3) is 0 Å². The summed E-state index contributed by atoms with van der Waals surface area (Å²) in [6, 6.07) is -0.360. The number of hydrogen-bond donors (Lipinski definition) is 3. The molecule has 0 aliphatic rings. The number of carbonyl (C=O) groups excluding carboxylic acids is 1. The van der Waals surface area contributed by atoms with E-state index in [1.54, 1.807) is 0 Å². The number of nitrogens with zero attached hydrogens (tertiary/aromatic N) is 3. The molecule has 0 aliphatic heterocycles. The second-order valence-electron chi connectivity index (χ2n) is 3.34. The number of rotatable bonds is 5. The summed E-state index contributed by atoms with van der Waals surface area (Å²) in [5.41, 5.74) is 0.0279. The van der Waals surface area contributed by atoms with Crippen LogP contribution in [-0.4, -0.2) is 38.2 Å². The lowest BCUT2D eigenvalue weighted by Gasteiger charge is -2.03. The summed E-state index contributed by atoms with van der Waals surface area (Å²) in [5, 5.41) is 20.2. The van der Waals surface area contributed by atoms with Gasteiger partial charge in [-0.25, -0.2) is 14.6 Å². The first-order valence-electron chi connectivity index (χ1n) is 5.15. The van der Waals surface area contributed by atoms with Gasteiger partial charge in [0.15, 0.2) is 5.69 Å². The number of nitrogens with one attached hydrogen (secondary N) is 2. The van der Waals surface area contributed by atoms with Crippen molar-refractivity contribution in [1.29, 1.82) is 0 Å². The number of aromatic carboxylic acids is 1. The van der Waals surface area contributed by atoms with Crippen molar-refractivity contribution >= 4 is 39.9 Å². The summed E-state index contributed by atoms with van der Waals surface area (Å²) >= 11 is 2.33. The smallest absolute Gasteiger partial charge is 0.355 e. The van der Waals surface area contributed by atoms with E-state index >= 15 is 0 Å². The van der Waals surface area contributed by atoms with Crippen molar-refractivity contribution in [1.82, 2.24) is 19.9 Å². The summed E-state index contributed by atoms with van der Waals surface area (Å²) in [7, 11) is 0. The van der Waals surface area contributed by atoms with Gasteiger partial charge in [-0.2, -0.15) is 0 Å². The standard InChI is InChI=1S/C9H9N5O3S2/c15-8(16)5-4-18-6(12-5)1-2-10-9(17)13-7-3-11-14-19-7/h3-4H,1-2H2,(H,15,16)(H2,10,13,17). The fraction of sp³-hybridized carbons (Fsp3) is 0.222. The van der Waals surface area contributed by atoms with Crippen LogP contribution in [0.2, 0.25) is 0 Å². The molecule has 10 heteroatoms. The predicted molar refractivity (Wildman–Crippen MR) is 69.7 cm³/mol. The third kappa shape index (κ3) is 3.96. The number of hydrogen-bond acceptors (Lipinski definition) is 7.